The SMILES string of the molecule is COc1ccc2c(c1OC)C(=O)O[C@]21C=Cc2cc3c(cc2C1=O)OCO3. The number of ether oxygens (including phenoxy) is 5. The molecule has 7 heteroatoms. The second-order valence-corrected chi connectivity index (χ2v) is 6.30. The standard InChI is InChI=1S/C20H14O7/c1-23-13-4-3-12-16(17(13)24-2)19(22)27-20(12)6-5-10-7-14-15(26-9-25-14)8-11(10)18(20)21/h3-8H,9H2,1-2H3/t20-/m1/s1. The molecule has 0 fully saturated rings. The summed E-state index contributed by atoms with van der Waals surface area (Å²) in [7, 11) is 2.91. The molecule has 1 atom stereocenters. The van der Waals surface area contributed by atoms with Gasteiger partial charge in [0, 0.05) is 11.1 Å². The highest BCUT2D eigenvalue weighted by Crippen LogP contribution is 2.50. The van der Waals surface area contributed by atoms with Crippen molar-refractivity contribution in [2.75, 3.05) is 21.0 Å². The second kappa shape index (κ2) is 5.26. The highest BCUT2D eigenvalue weighted by atomic mass is 16.7. The molecule has 2 aliphatic heterocycles. The van der Waals surface area contributed by atoms with Crippen molar-refractivity contribution < 1.29 is 33.3 Å². The summed E-state index contributed by atoms with van der Waals surface area (Å²) in [6.45, 7) is 0.107. The molecule has 7 nitrogen and oxygen atoms in total. The average molecular weight is 366 g/mol. The second-order valence-electron chi connectivity index (χ2n) is 6.30. The summed E-state index contributed by atoms with van der Waals surface area (Å²) in [5.41, 5.74) is 0.165. The lowest BCUT2D eigenvalue weighted by Crippen LogP contribution is -2.36. The van der Waals surface area contributed by atoms with Crippen LogP contribution in [-0.4, -0.2) is 32.8 Å². The van der Waals surface area contributed by atoms with Gasteiger partial charge in [0.15, 0.2) is 23.0 Å². The maximum atomic E-state index is 13.4. The van der Waals surface area contributed by atoms with Crippen molar-refractivity contribution in [3.8, 4) is 23.0 Å². The first-order valence-electron chi connectivity index (χ1n) is 8.25. The molecule has 1 spiro atoms. The molecule has 0 saturated heterocycles. The van der Waals surface area contributed by atoms with Crippen LogP contribution in [0.1, 0.15) is 31.8 Å². The van der Waals surface area contributed by atoms with E-state index < -0.39 is 11.6 Å². The zero-order valence-electron chi connectivity index (χ0n) is 14.5. The van der Waals surface area contributed by atoms with Crippen LogP contribution < -0.4 is 18.9 Å². The van der Waals surface area contributed by atoms with Crippen LogP contribution in [0.25, 0.3) is 6.08 Å². The number of hydrogen-bond acceptors (Lipinski definition) is 7. The third kappa shape index (κ3) is 1.91. The summed E-state index contributed by atoms with van der Waals surface area (Å²) in [6.07, 6.45) is 3.34. The Morgan fingerprint density at radius 2 is 1.81 bits per heavy atom. The van der Waals surface area contributed by atoms with Gasteiger partial charge in [0.2, 0.25) is 18.2 Å². The molecule has 2 heterocycles. The molecule has 5 rings (SSSR count). The topological polar surface area (TPSA) is 80.3 Å². The summed E-state index contributed by atoms with van der Waals surface area (Å²) in [6, 6.07) is 6.67. The van der Waals surface area contributed by atoms with Crippen molar-refractivity contribution in [2.45, 2.75) is 5.60 Å². The predicted octanol–water partition coefficient (Wildman–Crippen LogP) is 2.71. The Morgan fingerprint density at radius 1 is 1.04 bits per heavy atom. The number of carbonyl (C=O) groups excluding carboxylic acids is 2. The molecule has 0 radical (unpaired) electrons. The third-order valence-corrected chi connectivity index (χ3v) is 5.03. The van der Waals surface area contributed by atoms with E-state index in [4.69, 9.17) is 23.7 Å². The van der Waals surface area contributed by atoms with Crippen molar-refractivity contribution in [3.63, 3.8) is 0 Å². The number of benzene rings is 2. The van der Waals surface area contributed by atoms with Gasteiger partial charge in [-0.15, -0.1) is 0 Å². The monoisotopic (exact) mass is 366 g/mol. The summed E-state index contributed by atoms with van der Waals surface area (Å²) < 4.78 is 27.0. The van der Waals surface area contributed by atoms with E-state index in [1.54, 1.807) is 36.4 Å². The molecule has 0 bridgehead atoms. The molecule has 2 aromatic carbocycles. The van der Waals surface area contributed by atoms with E-state index in [-0.39, 0.29) is 23.9 Å². The number of rotatable bonds is 2. The molecule has 3 aliphatic rings. The minimum Gasteiger partial charge on any atom is -0.493 e. The van der Waals surface area contributed by atoms with E-state index >= 15 is 0 Å². The molecule has 2 aromatic rings. The minimum absolute atomic E-state index is 0.107. The number of carbonyl (C=O) groups is 2. The van der Waals surface area contributed by atoms with Crippen molar-refractivity contribution in [1.29, 1.82) is 0 Å². The summed E-state index contributed by atoms with van der Waals surface area (Å²) in [4.78, 5) is 26.0. The van der Waals surface area contributed by atoms with E-state index in [1.807, 2.05) is 0 Å². The number of esters is 1. The Morgan fingerprint density at radius 3 is 2.56 bits per heavy atom. The van der Waals surface area contributed by atoms with Crippen LogP contribution >= 0.6 is 0 Å². The van der Waals surface area contributed by atoms with Gasteiger partial charge in [0.05, 0.1) is 14.2 Å². The molecule has 0 saturated carbocycles. The average Bonchev–Trinajstić information content (AvgIpc) is 3.25. The van der Waals surface area contributed by atoms with Gasteiger partial charge < -0.3 is 23.7 Å². The van der Waals surface area contributed by atoms with Gasteiger partial charge in [-0.2, -0.15) is 0 Å². The first-order chi connectivity index (χ1) is 13.1. The van der Waals surface area contributed by atoms with Crippen LogP contribution in [0.4, 0.5) is 0 Å². The number of hydrogen-bond donors (Lipinski definition) is 0. The summed E-state index contributed by atoms with van der Waals surface area (Å²) in [5.74, 6) is 0.721. The van der Waals surface area contributed by atoms with Crippen molar-refractivity contribution in [2.24, 2.45) is 0 Å². The van der Waals surface area contributed by atoms with Crippen molar-refractivity contribution in [1.82, 2.24) is 0 Å². The summed E-state index contributed by atoms with van der Waals surface area (Å²) >= 11 is 0. The summed E-state index contributed by atoms with van der Waals surface area (Å²) in [5, 5.41) is 0. The lowest BCUT2D eigenvalue weighted by molar-refractivity contribution is 0.0151. The molecule has 0 amide bonds. The zero-order chi connectivity index (χ0) is 18.8. The number of fused-ring (bicyclic) bond motifs is 4. The van der Waals surface area contributed by atoms with E-state index in [2.05, 4.69) is 0 Å². The molecule has 0 N–H and O–H groups in total. The van der Waals surface area contributed by atoms with Crippen LogP contribution in [-0.2, 0) is 10.3 Å². The van der Waals surface area contributed by atoms with Crippen LogP contribution in [0.15, 0.2) is 30.3 Å². The first kappa shape index (κ1) is 15.7. The van der Waals surface area contributed by atoms with Gasteiger partial charge in [0.25, 0.3) is 0 Å². The van der Waals surface area contributed by atoms with Gasteiger partial charge in [0.1, 0.15) is 5.56 Å². The Balaban J connectivity index is 1.71. The Hall–Kier alpha value is -3.48. The van der Waals surface area contributed by atoms with E-state index in [0.717, 1.165) is 0 Å². The highest BCUT2D eigenvalue weighted by Gasteiger charge is 2.53. The number of methoxy groups -OCH3 is 2. The van der Waals surface area contributed by atoms with Gasteiger partial charge in [-0.05, 0) is 35.9 Å². The van der Waals surface area contributed by atoms with Gasteiger partial charge in [-0.1, -0.05) is 6.08 Å². The van der Waals surface area contributed by atoms with Gasteiger partial charge in [-0.25, -0.2) is 4.79 Å². The molecule has 0 unspecified atom stereocenters. The zero-order valence-corrected chi connectivity index (χ0v) is 14.5. The van der Waals surface area contributed by atoms with Gasteiger partial charge >= 0.3 is 5.97 Å². The lowest BCUT2D eigenvalue weighted by atomic mass is 9.79. The highest BCUT2D eigenvalue weighted by molar-refractivity contribution is 6.15. The minimum atomic E-state index is -1.54. The normalized spacial score (nSPS) is 21.1. The maximum Gasteiger partial charge on any atom is 0.344 e. The molecule has 27 heavy (non-hydrogen) atoms. The smallest absolute Gasteiger partial charge is 0.344 e. The lowest BCUT2D eigenvalue weighted by Gasteiger charge is -2.28. The van der Waals surface area contributed by atoms with E-state index in [1.165, 1.54) is 14.2 Å². The Kier molecular flexibility index (Phi) is 3.07. The van der Waals surface area contributed by atoms with E-state index in [0.29, 0.717) is 33.9 Å². The van der Waals surface area contributed by atoms with Crippen LogP contribution in [0.2, 0.25) is 0 Å². The molecule has 0 aromatic heterocycles. The van der Waals surface area contributed by atoms with Crippen LogP contribution in [0, 0.1) is 0 Å². The maximum absolute atomic E-state index is 13.4. The fraction of sp³-hybridized carbons (Fsp3) is 0.200. The van der Waals surface area contributed by atoms with Gasteiger partial charge in [-0.3, -0.25) is 4.79 Å². The van der Waals surface area contributed by atoms with Crippen LogP contribution in [0.3, 0.4) is 0 Å². The fourth-order valence-corrected chi connectivity index (χ4v) is 3.76. The predicted molar refractivity (Wildman–Crippen MR) is 92.6 cm³/mol. The third-order valence-electron chi connectivity index (χ3n) is 5.03. The Labute approximate surface area is 154 Å². The molecule has 136 valence electrons. The van der Waals surface area contributed by atoms with E-state index in [9.17, 15) is 9.59 Å². The quantitative estimate of drug-likeness (QED) is 0.756. The Bertz CT molecular complexity index is 1050. The van der Waals surface area contributed by atoms with Crippen molar-refractivity contribution in [3.05, 3.63) is 52.6 Å². The first-order valence-corrected chi connectivity index (χ1v) is 8.25. The molecule has 1 aliphatic carbocycles. The molecular formula is C20H14O7. The fourth-order valence-electron chi connectivity index (χ4n) is 3.76. The number of Topliss-reactive ketones (excluding diaryl/α,β-unsaturated/α-hetero) is 1. The van der Waals surface area contributed by atoms with Crippen LogP contribution in [0.5, 0.6) is 23.0 Å². The van der Waals surface area contributed by atoms with Crippen molar-refractivity contribution >= 4 is 17.8 Å². The molecular weight excluding hydrogens is 352 g/mol. The largest absolute Gasteiger partial charge is 0.493 e. The number of ketones is 1.